The highest BCUT2D eigenvalue weighted by Crippen LogP contribution is 2.42. The summed E-state index contributed by atoms with van der Waals surface area (Å²) in [5.74, 6) is 1.32. The number of ether oxygens (including phenoxy) is 1. The number of nitrogens with one attached hydrogen (secondary N) is 3. The number of amides is 1. The fraction of sp³-hybridized carbons (Fsp3) is 0.364. The normalized spacial score (nSPS) is 21.4. The number of fused-ring (bicyclic) bond motifs is 1. The topological polar surface area (TPSA) is 78.5 Å². The van der Waals surface area contributed by atoms with Crippen molar-refractivity contribution >= 4 is 35.6 Å². The molecule has 1 fully saturated rings. The molecular formula is C22H25ClN4O2. The van der Waals surface area contributed by atoms with E-state index < -0.39 is 6.10 Å². The Hall–Kier alpha value is -2.57. The SMILES string of the molecule is C=Nc1[nH]ccc1/C(=C\C)c1cc(Cl)cc2c1OC(C(=O)NC1CCCNC1)C2. The number of carbonyl (C=O) groups excluding carboxylic acids is 1. The smallest absolute Gasteiger partial charge is 0.261 e. The molecule has 7 heteroatoms. The molecule has 2 aliphatic heterocycles. The van der Waals surface area contributed by atoms with E-state index in [4.69, 9.17) is 16.3 Å². The van der Waals surface area contributed by atoms with Crippen molar-refractivity contribution in [2.75, 3.05) is 13.1 Å². The predicted octanol–water partition coefficient (Wildman–Crippen LogP) is 3.62. The lowest BCUT2D eigenvalue weighted by molar-refractivity contribution is -0.128. The van der Waals surface area contributed by atoms with Crippen molar-refractivity contribution in [2.45, 2.75) is 38.3 Å². The third-order valence-electron chi connectivity index (χ3n) is 5.48. The average molecular weight is 413 g/mol. The number of H-pyrrole nitrogens is 1. The number of rotatable bonds is 5. The lowest BCUT2D eigenvalue weighted by Gasteiger charge is -2.25. The van der Waals surface area contributed by atoms with Crippen LogP contribution in [-0.4, -0.2) is 42.8 Å². The first kappa shape index (κ1) is 19.7. The number of aromatic nitrogens is 1. The van der Waals surface area contributed by atoms with Gasteiger partial charge in [0.15, 0.2) is 6.10 Å². The second kappa shape index (κ2) is 8.43. The lowest BCUT2D eigenvalue weighted by atomic mass is 9.96. The molecule has 2 aromatic rings. The van der Waals surface area contributed by atoms with E-state index in [0.29, 0.717) is 23.0 Å². The first-order chi connectivity index (χ1) is 14.1. The Morgan fingerprint density at radius 1 is 1.41 bits per heavy atom. The molecule has 6 nitrogen and oxygen atoms in total. The number of hydrogen-bond donors (Lipinski definition) is 3. The van der Waals surface area contributed by atoms with Crippen LogP contribution in [0.15, 0.2) is 35.5 Å². The molecule has 0 saturated carbocycles. The molecule has 0 radical (unpaired) electrons. The van der Waals surface area contributed by atoms with Crippen LogP contribution < -0.4 is 15.4 Å². The summed E-state index contributed by atoms with van der Waals surface area (Å²) in [6, 6.07) is 5.86. The van der Waals surface area contributed by atoms with E-state index in [9.17, 15) is 4.79 Å². The third kappa shape index (κ3) is 3.95. The monoisotopic (exact) mass is 412 g/mol. The van der Waals surface area contributed by atoms with Gasteiger partial charge >= 0.3 is 0 Å². The van der Waals surface area contributed by atoms with E-state index in [2.05, 4.69) is 27.3 Å². The predicted molar refractivity (Wildman–Crippen MR) is 116 cm³/mol. The summed E-state index contributed by atoms with van der Waals surface area (Å²) >= 11 is 6.41. The largest absolute Gasteiger partial charge is 0.479 e. The van der Waals surface area contributed by atoms with Crippen molar-refractivity contribution in [1.82, 2.24) is 15.6 Å². The number of halogens is 1. The van der Waals surface area contributed by atoms with Crippen molar-refractivity contribution in [2.24, 2.45) is 4.99 Å². The summed E-state index contributed by atoms with van der Waals surface area (Å²) in [7, 11) is 0. The zero-order valence-corrected chi connectivity index (χ0v) is 17.2. The Kier molecular flexibility index (Phi) is 5.74. The molecule has 29 heavy (non-hydrogen) atoms. The van der Waals surface area contributed by atoms with Gasteiger partial charge in [-0.25, -0.2) is 4.99 Å². The maximum absolute atomic E-state index is 12.8. The molecule has 0 bridgehead atoms. The van der Waals surface area contributed by atoms with E-state index in [0.717, 1.165) is 48.2 Å². The van der Waals surface area contributed by atoms with Crippen LogP contribution in [0.2, 0.25) is 5.02 Å². The summed E-state index contributed by atoms with van der Waals surface area (Å²) in [5, 5.41) is 7.05. The molecule has 2 unspecified atom stereocenters. The fourth-order valence-electron chi connectivity index (χ4n) is 4.10. The van der Waals surface area contributed by atoms with Gasteiger partial charge in [0.05, 0.1) is 0 Å². The number of nitrogens with zero attached hydrogens (tertiary/aromatic N) is 1. The Balaban J connectivity index is 1.61. The van der Waals surface area contributed by atoms with Gasteiger partial charge in [0, 0.05) is 46.9 Å². The van der Waals surface area contributed by atoms with Crippen LogP contribution in [0, 0.1) is 0 Å². The van der Waals surface area contributed by atoms with Crippen molar-refractivity contribution < 1.29 is 9.53 Å². The van der Waals surface area contributed by atoms with Crippen LogP contribution >= 0.6 is 11.6 Å². The first-order valence-electron chi connectivity index (χ1n) is 9.92. The van der Waals surface area contributed by atoms with Gasteiger partial charge in [-0.2, -0.15) is 0 Å². The van der Waals surface area contributed by atoms with Crippen LogP contribution in [0.4, 0.5) is 5.82 Å². The molecule has 3 heterocycles. The van der Waals surface area contributed by atoms with Gasteiger partial charge in [-0.05, 0) is 56.8 Å². The second-order valence-electron chi connectivity index (χ2n) is 7.40. The van der Waals surface area contributed by atoms with E-state index in [1.807, 2.05) is 37.4 Å². The molecule has 4 rings (SSSR count). The van der Waals surface area contributed by atoms with Crippen LogP contribution in [-0.2, 0) is 11.2 Å². The van der Waals surface area contributed by atoms with Gasteiger partial charge in [-0.1, -0.05) is 17.7 Å². The van der Waals surface area contributed by atoms with E-state index in [-0.39, 0.29) is 11.9 Å². The number of benzene rings is 1. The Bertz CT molecular complexity index is 960. The van der Waals surface area contributed by atoms with Gasteiger partial charge in [0.25, 0.3) is 5.91 Å². The highest BCUT2D eigenvalue weighted by atomic mass is 35.5. The maximum Gasteiger partial charge on any atom is 0.261 e. The molecule has 152 valence electrons. The zero-order chi connectivity index (χ0) is 20.4. The minimum Gasteiger partial charge on any atom is -0.479 e. The van der Waals surface area contributed by atoms with Gasteiger partial charge in [-0.3, -0.25) is 4.79 Å². The number of carbonyl (C=O) groups is 1. The van der Waals surface area contributed by atoms with Gasteiger partial charge in [0.1, 0.15) is 11.6 Å². The minimum absolute atomic E-state index is 0.0749. The Labute approximate surface area is 175 Å². The van der Waals surface area contributed by atoms with Gasteiger partial charge in [-0.15, -0.1) is 0 Å². The first-order valence-corrected chi connectivity index (χ1v) is 10.3. The Morgan fingerprint density at radius 3 is 3.00 bits per heavy atom. The molecule has 1 aromatic heterocycles. The molecule has 2 aliphatic rings. The standard InChI is InChI=1S/C22H25ClN4O2/c1-3-16(17-6-8-26-21(17)24-2)18-11-14(23)9-13-10-19(29-20(13)18)22(28)27-15-5-4-7-25-12-15/h3,6,8-9,11,15,19,25-26H,2,4-5,7,10,12H2,1H3,(H,27,28)/b16-3+. The lowest BCUT2D eigenvalue weighted by Crippen LogP contribution is -2.49. The summed E-state index contributed by atoms with van der Waals surface area (Å²) in [5.41, 5.74) is 3.65. The summed E-state index contributed by atoms with van der Waals surface area (Å²) < 4.78 is 6.16. The molecule has 1 saturated heterocycles. The van der Waals surface area contributed by atoms with E-state index >= 15 is 0 Å². The summed E-state index contributed by atoms with van der Waals surface area (Å²) in [6.45, 7) is 7.40. The van der Waals surface area contributed by atoms with Crippen molar-refractivity contribution in [3.8, 4) is 5.75 Å². The fourth-order valence-corrected chi connectivity index (χ4v) is 4.35. The molecule has 3 N–H and O–H groups in total. The summed E-state index contributed by atoms with van der Waals surface area (Å²) in [4.78, 5) is 19.9. The van der Waals surface area contributed by atoms with Crippen molar-refractivity contribution in [1.29, 1.82) is 0 Å². The average Bonchev–Trinajstić information content (AvgIpc) is 3.36. The molecule has 0 aliphatic carbocycles. The number of aromatic amines is 1. The van der Waals surface area contributed by atoms with Crippen molar-refractivity contribution in [3.05, 3.63) is 52.2 Å². The second-order valence-corrected chi connectivity index (χ2v) is 7.84. The highest BCUT2D eigenvalue weighted by Gasteiger charge is 2.33. The molecule has 0 spiro atoms. The number of aliphatic imine (C=N–C) groups is 1. The van der Waals surface area contributed by atoms with Crippen LogP contribution in [0.25, 0.3) is 5.57 Å². The third-order valence-corrected chi connectivity index (χ3v) is 5.70. The van der Waals surface area contributed by atoms with Crippen molar-refractivity contribution in [3.63, 3.8) is 0 Å². The molecule has 2 atom stereocenters. The van der Waals surface area contributed by atoms with Gasteiger partial charge in [0.2, 0.25) is 0 Å². The van der Waals surface area contributed by atoms with E-state index in [1.54, 1.807) is 0 Å². The number of piperidine rings is 1. The maximum atomic E-state index is 12.8. The van der Waals surface area contributed by atoms with E-state index in [1.165, 1.54) is 0 Å². The molecular weight excluding hydrogens is 388 g/mol. The summed E-state index contributed by atoms with van der Waals surface area (Å²) in [6.07, 6.45) is 5.83. The zero-order valence-electron chi connectivity index (χ0n) is 16.4. The molecule has 1 amide bonds. The van der Waals surface area contributed by atoms with Crippen LogP contribution in [0.5, 0.6) is 5.75 Å². The van der Waals surface area contributed by atoms with Crippen LogP contribution in [0.1, 0.15) is 36.5 Å². The van der Waals surface area contributed by atoms with Gasteiger partial charge < -0.3 is 20.4 Å². The quantitative estimate of drug-likeness (QED) is 0.656. The number of hydrogen-bond acceptors (Lipinski definition) is 4. The molecule has 1 aromatic carbocycles. The highest BCUT2D eigenvalue weighted by molar-refractivity contribution is 6.31. The Morgan fingerprint density at radius 2 is 2.28 bits per heavy atom. The minimum atomic E-state index is -0.550. The number of allylic oxidation sites excluding steroid dienone is 1. The van der Waals surface area contributed by atoms with Crippen LogP contribution in [0.3, 0.4) is 0 Å².